The first-order valence-electron chi connectivity index (χ1n) is 9.03. The van der Waals surface area contributed by atoms with E-state index in [0.29, 0.717) is 41.5 Å². The topological polar surface area (TPSA) is 99.9 Å². The lowest BCUT2D eigenvalue weighted by molar-refractivity contribution is -0.148. The smallest absolute Gasteiger partial charge is 0.331 e. The maximum absolute atomic E-state index is 12.3. The molecule has 0 bridgehead atoms. The molecule has 1 aliphatic heterocycles. The summed E-state index contributed by atoms with van der Waals surface area (Å²) in [5.41, 5.74) is 1.82. The summed E-state index contributed by atoms with van der Waals surface area (Å²) in [5, 5.41) is 2.68. The Labute approximate surface area is 166 Å². The SMILES string of the molecule is C[C@H](OC(=O)/C=C/c1nc2ccccc2o1)C(=O)Nc1ccc2c(c1)OCCO2. The highest BCUT2D eigenvalue weighted by molar-refractivity contribution is 5.96. The van der Waals surface area contributed by atoms with Gasteiger partial charge < -0.3 is 23.9 Å². The fourth-order valence-electron chi connectivity index (χ4n) is 2.73. The van der Waals surface area contributed by atoms with Crippen molar-refractivity contribution < 1.29 is 28.2 Å². The standard InChI is InChI=1S/C21H18N2O6/c1-13(21(25)22-14-6-7-17-18(12-14)27-11-10-26-17)28-20(24)9-8-19-23-15-4-2-3-5-16(15)29-19/h2-9,12-13H,10-11H2,1H3,(H,22,25)/b9-8+/t13-/m0/s1. The number of aromatic nitrogens is 1. The third-order valence-corrected chi connectivity index (χ3v) is 4.14. The number of rotatable bonds is 5. The van der Waals surface area contributed by atoms with Gasteiger partial charge in [0.25, 0.3) is 5.91 Å². The largest absolute Gasteiger partial charge is 0.486 e. The van der Waals surface area contributed by atoms with Gasteiger partial charge in [-0.05, 0) is 31.2 Å². The van der Waals surface area contributed by atoms with Crippen molar-refractivity contribution in [3.8, 4) is 11.5 Å². The number of amides is 1. The Kier molecular flexibility index (Phi) is 5.15. The zero-order chi connectivity index (χ0) is 20.2. The first-order valence-corrected chi connectivity index (χ1v) is 9.03. The molecule has 1 aliphatic rings. The third-order valence-electron chi connectivity index (χ3n) is 4.14. The Morgan fingerprint density at radius 3 is 2.76 bits per heavy atom. The van der Waals surface area contributed by atoms with Gasteiger partial charge in [-0.2, -0.15) is 0 Å². The second-order valence-corrected chi connectivity index (χ2v) is 6.28. The first-order chi connectivity index (χ1) is 14.1. The molecule has 148 valence electrons. The van der Waals surface area contributed by atoms with Crippen LogP contribution in [0.3, 0.4) is 0 Å². The monoisotopic (exact) mass is 394 g/mol. The molecule has 1 amide bonds. The molecule has 2 heterocycles. The molecule has 0 fully saturated rings. The van der Waals surface area contributed by atoms with E-state index in [1.54, 1.807) is 30.3 Å². The van der Waals surface area contributed by atoms with Crippen molar-refractivity contribution in [3.63, 3.8) is 0 Å². The highest BCUT2D eigenvalue weighted by Gasteiger charge is 2.18. The Hall–Kier alpha value is -3.81. The number of nitrogens with zero attached hydrogens (tertiary/aromatic N) is 1. The highest BCUT2D eigenvalue weighted by Crippen LogP contribution is 2.32. The van der Waals surface area contributed by atoms with E-state index in [4.69, 9.17) is 18.6 Å². The van der Waals surface area contributed by atoms with E-state index < -0.39 is 18.0 Å². The van der Waals surface area contributed by atoms with Gasteiger partial charge in [0, 0.05) is 23.9 Å². The number of nitrogens with one attached hydrogen (secondary N) is 1. The van der Waals surface area contributed by atoms with Gasteiger partial charge in [0.1, 0.15) is 18.7 Å². The van der Waals surface area contributed by atoms with Crippen molar-refractivity contribution in [3.05, 3.63) is 54.4 Å². The molecule has 1 aromatic heterocycles. The molecule has 8 heteroatoms. The summed E-state index contributed by atoms with van der Waals surface area (Å²) in [6.07, 6.45) is 1.57. The lowest BCUT2D eigenvalue weighted by atomic mass is 10.2. The molecule has 0 saturated carbocycles. The van der Waals surface area contributed by atoms with Gasteiger partial charge in [-0.3, -0.25) is 4.79 Å². The average Bonchev–Trinajstić information content (AvgIpc) is 3.15. The van der Waals surface area contributed by atoms with Gasteiger partial charge in [0.05, 0.1) is 0 Å². The summed E-state index contributed by atoms with van der Waals surface area (Å²) in [6, 6.07) is 12.3. The third kappa shape index (κ3) is 4.37. The molecule has 4 rings (SSSR count). The molecule has 8 nitrogen and oxygen atoms in total. The molecule has 0 unspecified atom stereocenters. The van der Waals surface area contributed by atoms with Crippen LogP contribution >= 0.6 is 0 Å². The Balaban J connectivity index is 1.33. The predicted octanol–water partition coefficient (Wildman–Crippen LogP) is 3.18. The first kappa shape index (κ1) is 18.5. The minimum atomic E-state index is -0.996. The molecular formula is C21H18N2O6. The number of esters is 1. The lowest BCUT2D eigenvalue weighted by Gasteiger charge is -2.19. The van der Waals surface area contributed by atoms with Crippen LogP contribution in [0.15, 0.2) is 53.0 Å². The molecule has 2 aromatic carbocycles. The molecule has 29 heavy (non-hydrogen) atoms. The zero-order valence-corrected chi connectivity index (χ0v) is 15.6. The van der Waals surface area contributed by atoms with Gasteiger partial charge in [-0.1, -0.05) is 12.1 Å². The van der Waals surface area contributed by atoms with Crippen LogP contribution in [0.4, 0.5) is 5.69 Å². The van der Waals surface area contributed by atoms with E-state index in [1.807, 2.05) is 12.1 Å². The molecular weight excluding hydrogens is 376 g/mol. The number of carbonyl (C=O) groups excluding carboxylic acids is 2. The average molecular weight is 394 g/mol. The number of para-hydroxylation sites is 2. The zero-order valence-electron chi connectivity index (χ0n) is 15.6. The van der Waals surface area contributed by atoms with Crippen molar-refractivity contribution >= 4 is 34.7 Å². The van der Waals surface area contributed by atoms with Gasteiger partial charge >= 0.3 is 5.97 Å². The van der Waals surface area contributed by atoms with Crippen LogP contribution in [0.1, 0.15) is 12.8 Å². The number of oxazole rings is 1. The van der Waals surface area contributed by atoms with E-state index in [2.05, 4.69) is 10.3 Å². The van der Waals surface area contributed by atoms with Crippen LogP contribution in [0, 0.1) is 0 Å². The maximum Gasteiger partial charge on any atom is 0.331 e. The number of hydrogen-bond acceptors (Lipinski definition) is 7. The maximum atomic E-state index is 12.3. The minimum absolute atomic E-state index is 0.275. The molecule has 0 spiro atoms. The summed E-state index contributed by atoms with van der Waals surface area (Å²) in [5.74, 6) is 0.303. The molecule has 1 N–H and O–H groups in total. The normalized spacial score (nSPS) is 14.0. The highest BCUT2D eigenvalue weighted by atomic mass is 16.6. The van der Waals surface area contributed by atoms with Crippen LogP contribution in [-0.2, 0) is 14.3 Å². The van der Waals surface area contributed by atoms with Crippen molar-refractivity contribution in [2.45, 2.75) is 13.0 Å². The minimum Gasteiger partial charge on any atom is -0.486 e. The number of benzene rings is 2. The van der Waals surface area contributed by atoms with E-state index in [0.717, 1.165) is 0 Å². The van der Waals surface area contributed by atoms with Crippen molar-refractivity contribution in [1.82, 2.24) is 4.98 Å². The summed E-state index contributed by atoms with van der Waals surface area (Å²) < 4.78 is 21.5. The van der Waals surface area contributed by atoms with E-state index in [1.165, 1.54) is 19.1 Å². The molecule has 0 saturated heterocycles. The van der Waals surface area contributed by atoms with Crippen molar-refractivity contribution in [1.29, 1.82) is 0 Å². The molecule has 1 atom stereocenters. The van der Waals surface area contributed by atoms with Crippen LogP contribution in [0.2, 0.25) is 0 Å². The number of fused-ring (bicyclic) bond motifs is 2. The number of ether oxygens (including phenoxy) is 3. The number of anilines is 1. The van der Waals surface area contributed by atoms with Crippen molar-refractivity contribution in [2.75, 3.05) is 18.5 Å². The Morgan fingerprint density at radius 2 is 1.93 bits per heavy atom. The van der Waals surface area contributed by atoms with Crippen LogP contribution in [0.25, 0.3) is 17.2 Å². The van der Waals surface area contributed by atoms with E-state index in [-0.39, 0.29) is 5.89 Å². The fourth-order valence-corrected chi connectivity index (χ4v) is 2.73. The van der Waals surface area contributed by atoms with Gasteiger partial charge in [0.15, 0.2) is 23.2 Å². The van der Waals surface area contributed by atoms with Gasteiger partial charge in [0.2, 0.25) is 5.89 Å². The molecule has 3 aromatic rings. The predicted molar refractivity (Wildman–Crippen MR) is 105 cm³/mol. The fraction of sp³-hybridized carbons (Fsp3) is 0.190. The molecule has 0 radical (unpaired) electrons. The summed E-state index contributed by atoms with van der Waals surface area (Å²) in [6.45, 7) is 2.42. The summed E-state index contributed by atoms with van der Waals surface area (Å²) in [7, 11) is 0. The summed E-state index contributed by atoms with van der Waals surface area (Å²) in [4.78, 5) is 28.5. The number of hydrogen-bond donors (Lipinski definition) is 1. The van der Waals surface area contributed by atoms with Crippen LogP contribution in [-0.4, -0.2) is 36.2 Å². The second kappa shape index (κ2) is 8.05. The Morgan fingerprint density at radius 1 is 1.14 bits per heavy atom. The number of carbonyl (C=O) groups is 2. The second-order valence-electron chi connectivity index (χ2n) is 6.28. The Bertz CT molecular complexity index is 1050. The van der Waals surface area contributed by atoms with Gasteiger partial charge in [-0.25, -0.2) is 9.78 Å². The quantitative estimate of drug-likeness (QED) is 0.524. The van der Waals surface area contributed by atoms with Crippen molar-refractivity contribution in [2.24, 2.45) is 0 Å². The summed E-state index contributed by atoms with van der Waals surface area (Å²) >= 11 is 0. The molecule has 0 aliphatic carbocycles. The lowest BCUT2D eigenvalue weighted by Crippen LogP contribution is -2.29. The van der Waals surface area contributed by atoms with E-state index >= 15 is 0 Å². The van der Waals surface area contributed by atoms with Crippen LogP contribution in [0.5, 0.6) is 11.5 Å². The van der Waals surface area contributed by atoms with Gasteiger partial charge in [-0.15, -0.1) is 0 Å². The van der Waals surface area contributed by atoms with E-state index in [9.17, 15) is 9.59 Å². The van der Waals surface area contributed by atoms with Crippen LogP contribution < -0.4 is 14.8 Å².